The molecule has 0 N–H and O–H groups in total. The van der Waals surface area contributed by atoms with Crippen LogP contribution in [0.5, 0.6) is 0 Å². The van der Waals surface area contributed by atoms with Crippen molar-refractivity contribution < 1.29 is 4.42 Å². The summed E-state index contributed by atoms with van der Waals surface area (Å²) in [5.74, 6) is 1.07. The van der Waals surface area contributed by atoms with E-state index in [9.17, 15) is 0 Å². The van der Waals surface area contributed by atoms with E-state index in [1.54, 1.807) is 0 Å². The third kappa shape index (κ3) is 2.18. The first-order valence-corrected chi connectivity index (χ1v) is 7.37. The van der Waals surface area contributed by atoms with Gasteiger partial charge in [0.05, 0.1) is 16.2 Å². The monoisotopic (exact) mass is 265 g/mol. The van der Waals surface area contributed by atoms with Crippen molar-refractivity contribution in [1.82, 2.24) is 0 Å². The average molecular weight is 265 g/mol. The number of hydrogen-bond donors (Lipinski definition) is 0. The van der Waals surface area contributed by atoms with Crippen molar-refractivity contribution in [3.8, 4) is 0 Å². The number of fused-ring (bicyclic) bond motifs is 3. The molecular formula is C19H21O+. The van der Waals surface area contributed by atoms with Gasteiger partial charge < -0.3 is 0 Å². The second kappa shape index (κ2) is 4.90. The first-order chi connectivity index (χ1) is 9.62. The summed E-state index contributed by atoms with van der Waals surface area (Å²) in [7, 11) is 0. The molecule has 1 heterocycles. The van der Waals surface area contributed by atoms with Crippen molar-refractivity contribution in [2.75, 3.05) is 0 Å². The van der Waals surface area contributed by atoms with Gasteiger partial charge in [-0.1, -0.05) is 37.6 Å². The standard InChI is InChI=1S/C19H21O/c1-4-13-19(2,3)17-12-11-15-10-9-14-7-5-6-8-16(14)18(15)20-17/h5-12H,4,13H2,1-3H3/q+1. The summed E-state index contributed by atoms with van der Waals surface area (Å²) in [5.41, 5.74) is 1.09. The third-order valence-corrected chi connectivity index (χ3v) is 4.08. The van der Waals surface area contributed by atoms with Gasteiger partial charge >= 0.3 is 11.3 Å². The quantitative estimate of drug-likeness (QED) is 0.421. The predicted molar refractivity (Wildman–Crippen MR) is 86.1 cm³/mol. The second-order valence-corrected chi connectivity index (χ2v) is 6.14. The van der Waals surface area contributed by atoms with Crippen molar-refractivity contribution in [2.45, 2.75) is 39.0 Å². The van der Waals surface area contributed by atoms with E-state index in [1.165, 1.54) is 16.2 Å². The van der Waals surface area contributed by atoms with Crippen molar-refractivity contribution in [2.24, 2.45) is 0 Å². The summed E-state index contributed by atoms with van der Waals surface area (Å²) in [6, 6.07) is 17.0. The van der Waals surface area contributed by atoms with E-state index in [-0.39, 0.29) is 5.41 Å². The van der Waals surface area contributed by atoms with Crippen LogP contribution in [0.15, 0.2) is 52.9 Å². The van der Waals surface area contributed by atoms with Crippen molar-refractivity contribution in [3.63, 3.8) is 0 Å². The first-order valence-electron chi connectivity index (χ1n) is 7.37. The van der Waals surface area contributed by atoms with Crippen LogP contribution in [0.3, 0.4) is 0 Å². The Kier molecular flexibility index (Phi) is 3.21. The van der Waals surface area contributed by atoms with E-state index in [0.29, 0.717) is 0 Å². The Bertz CT molecular complexity index is 756. The first kappa shape index (κ1) is 13.1. The maximum absolute atomic E-state index is 6.29. The molecule has 0 aliphatic carbocycles. The lowest BCUT2D eigenvalue weighted by Gasteiger charge is -2.15. The van der Waals surface area contributed by atoms with Crippen LogP contribution in [0.4, 0.5) is 0 Å². The van der Waals surface area contributed by atoms with E-state index >= 15 is 0 Å². The summed E-state index contributed by atoms with van der Waals surface area (Å²) >= 11 is 0. The lowest BCUT2D eigenvalue weighted by Crippen LogP contribution is -2.16. The van der Waals surface area contributed by atoms with E-state index in [4.69, 9.17) is 4.42 Å². The zero-order valence-electron chi connectivity index (χ0n) is 12.4. The summed E-state index contributed by atoms with van der Waals surface area (Å²) in [6.07, 6.45) is 2.29. The summed E-state index contributed by atoms with van der Waals surface area (Å²) in [5, 5.41) is 3.59. The predicted octanol–water partition coefficient (Wildman–Crippen LogP) is 5.94. The highest BCUT2D eigenvalue weighted by Gasteiger charge is 2.31. The Balaban J connectivity index is 2.26. The third-order valence-electron chi connectivity index (χ3n) is 4.08. The van der Waals surface area contributed by atoms with Gasteiger partial charge in [-0.3, -0.25) is 0 Å². The molecule has 0 saturated heterocycles. The average Bonchev–Trinajstić information content (AvgIpc) is 2.46. The number of rotatable bonds is 3. The Hall–Kier alpha value is -1.89. The van der Waals surface area contributed by atoms with Gasteiger partial charge in [-0.25, -0.2) is 4.42 Å². The van der Waals surface area contributed by atoms with Gasteiger partial charge in [0.25, 0.3) is 0 Å². The highest BCUT2D eigenvalue weighted by atomic mass is 16.3. The van der Waals surface area contributed by atoms with Crippen LogP contribution in [-0.4, -0.2) is 0 Å². The molecular weight excluding hydrogens is 244 g/mol. The molecule has 2 aromatic carbocycles. The highest BCUT2D eigenvalue weighted by molar-refractivity contribution is 6.03. The van der Waals surface area contributed by atoms with Gasteiger partial charge in [-0.05, 0) is 43.9 Å². The molecule has 1 nitrogen and oxygen atoms in total. The molecule has 0 saturated carbocycles. The van der Waals surface area contributed by atoms with Crippen molar-refractivity contribution in [1.29, 1.82) is 0 Å². The minimum atomic E-state index is 0.0832. The summed E-state index contributed by atoms with van der Waals surface area (Å²) < 4.78 is 6.29. The fourth-order valence-electron chi connectivity index (χ4n) is 2.93. The van der Waals surface area contributed by atoms with E-state index in [1.807, 2.05) is 0 Å². The molecule has 1 aromatic heterocycles. The smallest absolute Gasteiger partial charge is 0.211 e. The van der Waals surface area contributed by atoms with Crippen LogP contribution < -0.4 is 0 Å². The Morgan fingerprint density at radius 3 is 2.40 bits per heavy atom. The second-order valence-electron chi connectivity index (χ2n) is 6.14. The Morgan fingerprint density at radius 2 is 1.60 bits per heavy atom. The van der Waals surface area contributed by atoms with Crippen LogP contribution in [0.1, 0.15) is 39.4 Å². The summed E-state index contributed by atoms with van der Waals surface area (Å²) in [6.45, 7) is 6.73. The van der Waals surface area contributed by atoms with Gasteiger partial charge in [-0.15, -0.1) is 0 Å². The van der Waals surface area contributed by atoms with Gasteiger partial charge in [0, 0.05) is 6.07 Å². The zero-order valence-corrected chi connectivity index (χ0v) is 12.4. The Morgan fingerprint density at radius 1 is 0.900 bits per heavy atom. The molecule has 102 valence electrons. The highest BCUT2D eigenvalue weighted by Crippen LogP contribution is 2.33. The van der Waals surface area contributed by atoms with Crippen LogP contribution in [-0.2, 0) is 5.41 Å². The van der Waals surface area contributed by atoms with E-state index in [0.717, 1.165) is 24.2 Å². The molecule has 0 amide bonds. The molecule has 0 spiro atoms. The topological polar surface area (TPSA) is 11.3 Å². The molecule has 1 heteroatoms. The van der Waals surface area contributed by atoms with Crippen LogP contribution in [0.2, 0.25) is 0 Å². The molecule has 0 fully saturated rings. The van der Waals surface area contributed by atoms with Gasteiger partial charge in [0.15, 0.2) is 0 Å². The lowest BCUT2D eigenvalue weighted by molar-refractivity contribution is 0.370. The van der Waals surface area contributed by atoms with Gasteiger partial charge in [0.1, 0.15) is 0 Å². The fraction of sp³-hybridized carbons (Fsp3) is 0.316. The molecule has 0 atom stereocenters. The Labute approximate surface area is 120 Å². The minimum absolute atomic E-state index is 0.0832. The van der Waals surface area contributed by atoms with Crippen molar-refractivity contribution >= 4 is 21.7 Å². The maximum Gasteiger partial charge on any atom is 0.367 e. The largest absolute Gasteiger partial charge is 0.367 e. The molecule has 0 radical (unpaired) electrons. The molecule has 0 aliphatic rings. The molecule has 3 aromatic rings. The number of hydrogen-bond acceptors (Lipinski definition) is 0. The molecule has 0 unspecified atom stereocenters. The number of benzene rings is 2. The van der Waals surface area contributed by atoms with Gasteiger partial charge in [0.2, 0.25) is 0 Å². The van der Waals surface area contributed by atoms with E-state index in [2.05, 4.69) is 69.3 Å². The van der Waals surface area contributed by atoms with Crippen LogP contribution >= 0.6 is 0 Å². The molecule has 0 aliphatic heterocycles. The SMILES string of the molecule is CCCC(C)(C)c1ccc2ccc3ccccc3c2[o+]1. The normalized spacial score (nSPS) is 12.2. The minimum Gasteiger partial charge on any atom is -0.211 e. The molecule has 0 bridgehead atoms. The van der Waals surface area contributed by atoms with Crippen molar-refractivity contribution in [3.05, 3.63) is 54.3 Å². The maximum atomic E-state index is 6.29. The summed E-state index contributed by atoms with van der Waals surface area (Å²) in [4.78, 5) is 0. The van der Waals surface area contributed by atoms with Crippen LogP contribution in [0.25, 0.3) is 21.7 Å². The van der Waals surface area contributed by atoms with Crippen LogP contribution in [0, 0.1) is 0 Å². The fourth-order valence-corrected chi connectivity index (χ4v) is 2.93. The zero-order chi connectivity index (χ0) is 14.2. The lowest BCUT2D eigenvalue weighted by atomic mass is 9.85. The van der Waals surface area contributed by atoms with Gasteiger partial charge in [-0.2, -0.15) is 0 Å². The molecule has 3 rings (SSSR count). The van der Waals surface area contributed by atoms with E-state index < -0.39 is 0 Å². The molecule has 20 heavy (non-hydrogen) atoms.